The molecule has 1 saturated carbocycles. The lowest BCUT2D eigenvalue weighted by molar-refractivity contribution is 0.389. The second-order valence-electron chi connectivity index (χ2n) is 6.05. The van der Waals surface area contributed by atoms with Crippen LogP contribution in [0.1, 0.15) is 51.8 Å². The van der Waals surface area contributed by atoms with Gasteiger partial charge in [0, 0.05) is 18.5 Å². The maximum atomic E-state index is 5.79. The molecule has 0 radical (unpaired) electrons. The minimum absolute atomic E-state index is 0.338. The van der Waals surface area contributed by atoms with Crippen molar-refractivity contribution in [3.63, 3.8) is 0 Å². The van der Waals surface area contributed by atoms with Crippen molar-refractivity contribution in [2.24, 2.45) is 5.41 Å². The number of nitrogens with one attached hydrogen (secondary N) is 1. The Morgan fingerprint density at radius 1 is 1.35 bits per heavy atom. The highest BCUT2D eigenvalue weighted by molar-refractivity contribution is 5.45. The highest BCUT2D eigenvalue weighted by atomic mass is 15.1. The van der Waals surface area contributed by atoms with Gasteiger partial charge in [-0.25, -0.2) is 9.97 Å². The summed E-state index contributed by atoms with van der Waals surface area (Å²) in [6.45, 7) is 7.62. The number of hydrogen-bond donors (Lipinski definition) is 2. The zero-order chi connectivity index (χ0) is 12.5. The summed E-state index contributed by atoms with van der Waals surface area (Å²) in [6, 6.07) is 1.81. The summed E-state index contributed by atoms with van der Waals surface area (Å²) in [6.07, 6.45) is 3.51. The number of rotatable bonds is 4. The Balaban J connectivity index is 1.95. The van der Waals surface area contributed by atoms with Gasteiger partial charge in [-0.3, -0.25) is 0 Å². The second kappa shape index (κ2) is 4.51. The first kappa shape index (κ1) is 12.1. The van der Waals surface area contributed by atoms with Gasteiger partial charge in [-0.2, -0.15) is 0 Å². The second-order valence-corrected chi connectivity index (χ2v) is 6.05. The SMILES string of the molecule is CC(C)(C)CCNc1cc(N)nc(C2CC2)n1. The van der Waals surface area contributed by atoms with Crippen LogP contribution in [0.4, 0.5) is 11.6 Å². The summed E-state index contributed by atoms with van der Waals surface area (Å²) in [5.41, 5.74) is 6.13. The van der Waals surface area contributed by atoms with Crippen molar-refractivity contribution < 1.29 is 0 Å². The zero-order valence-electron chi connectivity index (χ0n) is 11.0. The molecule has 0 amide bonds. The van der Waals surface area contributed by atoms with E-state index in [1.807, 2.05) is 6.07 Å². The first-order chi connectivity index (χ1) is 7.94. The molecule has 4 nitrogen and oxygen atoms in total. The number of nitrogens with zero attached hydrogens (tertiary/aromatic N) is 2. The van der Waals surface area contributed by atoms with E-state index in [-0.39, 0.29) is 0 Å². The molecule has 1 aromatic rings. The van der Waals surface area contributed by atoms with Crippen LogP contribution >= 0.6 is 0 Å². The van der Waals surface area contributed by atoms with E-state index in [0.717, 1.165) is 24.6 Å². The summed E-state index contributed by atoms with van der Waals surface area (Å²) in [7, 11) is 0. The molecule has 0 saturated heterocycles. The van der Waals surface area contributed by atoms with E-state index in [1.165, 1.54) is 12.8 Å². The van der Waals surface area contributed by atoms with Gasteiger partial charge < -0.3 is 11.1 Å². The lowest BCUT2D eigenvalue weighted by Crippen LogP contribution is -2.14. The van der Waals surface area contributed by atoms with Crippen LogP contribution in [-0.4, -0.2) is 16.5 Å². The van der Waals surface area contributed by atoms with E-state index < -0.39 is 0 Å². The minimum Gasteiger partial charge on any atom is -0.384 e. The van der Waals surface area contributed by atoms with E-state index in [9.17, 15) is 0 Å². The van der Waals surface area contributed by atoms with Crippen molar-refractivity contribution in [2.75, 3.05) is 17.6 Å². The molecular weight excluding hydrogens is 212 g/mol. The van der Waals surface area contributed by atoms with Crippen LogP contribution in [0.5, 0.6) is 0 Å². The quantitative estimate of drug-likeness (QED) is 0.840. The number of nitrogens with two attached hydrogens (primary N) is 1. The molecule has 1 fully saturated rings. The first-order valence-electron chi connectivity index (χ1n) is 6.32. The minimum atomic E-state index is 0.338. The van der Waals surface area contributed by atoms with Gasteiger partial charge in [-0.05, 0) is 24.7 Å². The summed E-state index contributed by atoms with van der Waals surface area (Å²) in [5.74, 6) is 2.88. The van der Waals surface area contributed by atoms with Gasteiger partial charge in [0.05, 0.1) is 0 Å². The molecule has 4 heteroatoms. The van der Waals surface area contributed by atoms with Crippen LogP contribution in [-0.2, 0) is 0 Å². The molecule has 0 atom stereocenters. The van der Waals surface area contributed by atoms with Gasteiger partial charge in [0.2, 0.25) is 0 Å². The maximum Gasteiger partial charge on any atom is 0.136 e. The molecule has 1 heterocycles. The number of nitrogen functional groups attached to an aromatic ring is 1. The fourth-order valence-corrected chi connectivity index (χ4v) is 1.67. The Kier molecular flexibility index (Phi) is 3.22. The normalized spacial score (nSPS) is 15.9. The van der Waals surface area contributed by atoms with E-state index in [2.05, 4.69) is 36.1 Å². The average Bonchev–Trinajstić information content (AvgIpc) is 2.97. The molecule has 1 aliphatic rings. The summed E-state index contributed by atoms with van der Waals surface area (Å²) < 4.78 is 0. The van der Waals surface area contributed by atoms with Crippen molar-refractivity contribution in [3.05, 3.63) is 11.9 Å². The van der Waals surface area contributed by atoms with Crippen molar-refractivity contribution in [2.45, 2.75) is 46.0 Å². The highest BCUT2D eigenvalue weighted by Gasteiger charge is 2.27. The monoisotopic (exact) mass is 234 g/mol. The third-order valence-electron chi connectivity index (χ3n) is 2.89. The Labute approximate surface area is 103 Å². The molecule has 0 aliphatic heterocycles. The maximum absolute atomic E-state index is 5.79. The van der Waals surface area contributed by atoms with E-state index >= 15 is 0 Å². The van der Waals surface area contributed by atoms with Gasteiger partial charge >= 0.3 is 0 Å². The van der Waals surface area contributed by atoms with Crippen LogP contribution in [0.15, 0.2) is 6.07 Å². The van der Waals surface area contributed by atoms with Crippen LogP contribution in [0.3, 0.4) is 0 Å². The fourth-order valence-electron chi connectivity index (χ4n) is 1.67. The van der Waals surface area contributed by atoms with Crippen LogP contribution < -0.4 is 11.1 Å². The number of anilines is 2. The molecule has 1 aliphatic carbocycles. The van der Waals surface area contributed by atoms with Crippen LogP contribution in [0, 0.1) is 5.41 Å². The van der Waals surface area contributed by atoms with Crippen molar-refractivity contribution in [3.8, 4) is 0 Å². The molecular formula is C13H22N4. The summed E-state index contributed by atoms with van der Waals surface area (Å²) in [4.78, 5) is 8.79. The average molecular weight is 234 g/mol. The van der Waals surface area contributed by atoms with Crippen molar-refractivity contribution in [1.82, 2.24) is 9.97 Å². The molecule has 0 bridgehead atoms. The lowest BCUT2D eigenvalue weighted by atomic mass is 9.92. The number of hydrogen-bond acceptors (Lipinski definition) is 4. The Hall–Kier alpha value is -1.32. The van der Waals surface area contributed by atoms with Gasteiger partial charge in [0.25, 0.3) is 0 Å². The molecule has 3 N–H and O–H groups in total. The van der Waals surface area contributed by atoms with Crippen molar-refractivity contribution in [1.29, 1.82) is 0 Å². The van der Waals surface area contributed by atoms with E-state index in [0.29, 0.717) is 17.2 Å². The van der Waals surface area contributed by atoms with Gasteiger partial charge in [0.15, 0.2) is 0 Å². The predicted molar refractivity (Wildman–Crippen MR) is 71.0 cm³/mol. The standard InChI is InChI=1S/C13H22N4/c1-13(2,3)6-7-15-11-8-10(14)16-12(17-11)9-4-5-9/h8-9H,4-7H2,1-3H3,(H3,14,15,16,17). The third-order valence-corrected chi connectivity index (χ3v) is 2.89. The fraction of sp³-hybridized carbons (Fsp3) is 0.692. The molecule has 17 heavy (non-hydrogen) atoms. The third kappa shape index (κ3) is 3.88. The zero-order valence-corrected chi connectivity index (χ0v) is 11.0. The molecule has 0 aromatic carbocycles. The highest BCUT2D eigenvalue weighted by Crippen LogP contribution is 2.38. The molecule has 1 aromatic heterocycles. The molecule has 94 valence electrons. The number of aromatic nitrogens is 2. The Morgan fingerprint density at radius 2 is 2.06 bits per heavy atom. The molecule has 0 spiro atoms. The largest absolute Gasteiger partial charge is 0.384 e. The van der Waals surface area contributed by atoms with E-state index in [1.54, 1.807) is 0 Å². The lowest BCUT2D eigenvalue weighted by Gasteiger charge is -2.18. The van der Waals surface area contributed by atoms with Gasteiger partial charge in [-0.1, -0.05) is 20.8 Å². The molecule has 2 rings (SSSR count). The molecule has 0 unspecified atom stereocenters. The van der Waals surface area contributed by atoms with Crippen molar-refractivity contribution >= 4 is 11.6 Å². The van der Waals surface area contributed by atoms with Gasteiger partial charge in [0.1, 0.15) is 17.5 Å². The summed E-state index contributed by atoms with van der Waals surface area (Å²) in [5, 5.41) is 3.33. The Bertz CT molecular complexity index is 391. The smallest absolute Gasteiger partial charge is 0.136 e. The first-order valence-corrected chi connectivity index (χ1v) is 6.32. The predicted octanol–water partition coefficient (Wildman–Crippen LogP) is 2.78. The van der Waals surface area contributed by atoms with E-state index in [4.69, 9.17) is 5.73 Å². The topological polar surface area (TPSA) is 63.8 Å². The summed E-state index contributed by atoms with van der Waals surface area (Å²) >= 11 is 0. The Morgan fingerprint density at radius 3 is 2.65 bits per heavy atom. The van der Waals surface area contributed by atoms with Crippen LogP contribution in [0.2, 0.25) is 0 Å². The van der Waals surface area contributed by atoms with Gasteiger partial charge in [-0.15, -0.1) is 0 Å². The van der Waals surface area contributed by atoms with Crippen LogP contribution in [0.25, 0.3) is 0 Å².